The SMILES string of the molecule is CC[C@H](C)[C@H](N)C(=O)Nc1nc2ccccc2s1. The van der Waals surface area contributed by atoms with Gasteiger partial charge in [-0.2, -0.15) is 0 Å². The number of hydrogen-bond donors (Lipinski definition) is 2. The third kappa shape index (κ3) is 2.68. The molecule has 1 aromatic carbocycles. The molecule has 0 saturated carbocycles. The van der Waals surface area contributed by atoms with Crippen molar-refractivity contribution < 1.29 is 4.79 Å². The van der Waals surface area contributed by atoms with E-state index in [0.717, 1.165) is 16.6 Å². The topological polar surface area (TPSA) is 68.0 Å². The molecule has 2 atom stereocenters. The maximum absolute atomic E-state index is 11.9. The quantitative estimate of drug-likeness (QED) is 0.891. The van der Waals surface area contributed by atoms with Crippen LogP contribution in [-0.4, -0.2) is 16.9 Å². The van der Waals surface area contributed by atoms with Crippen LogP contribution in [0.2, 0.25) is 0 Å². The molecule has 1 aromatic heterocycles. The van der Waals surface area contributed by atoms with E-state index in [4.69, 9.17) is 5.73 Å². The summed E-state index contributed by atoms with van der Waals surface area (Å²) in [5.74, 6) is 0.00258. The van der Waals surface area contributed by atoms with Gasteiger partial charge < -0.3 is 11.1 Å². The standard InChI is InChI=1S/C13H17N3OS/c1-3-8(2)11(14)12(17)16-13-15-9-6-4-5-7-10(9)18-13/h4-8,11H,3,14H2,1-2H3,(H,15,16,17)/t8-,11-/m0/s1. The largest absolute Gasteiger partial charge is 0.320 e. The van der Waals surface area contributed by atoms with Crippen molar-refractivity contribution in [2.75, 3.05) is 5.32 Å². The third-order valence-electron chi connectivity index (χ3n) is 3.08. The zero-order chi connectivity index (χ0) is 13.1. The molecule has 0 saturated heterocycles. The van der Waals surface area contributed by atoms with Gasteiger partial charge in [-0.15, -0.1) is 0 Å². The number of nitrogens with one attached hydrogen (secondary N) is 1. The Bertz CT molecular complexity index is 519. The molecule has 0 fully saturated rings. The Labute approximate surface area is 110 Å². The lowest BCUT2D eigenvalue weighted by Gasteiger charge is -2.16. The van der Waals surface area contributed by atoms with Crippen LogP contribution >= 0.6 is 11.3 Å². The summed E-state index contributed by atoms with van der Waals surface area (Å²) in [4.78, 5) is 16.3. The minimum Gasteiger partial charge on any atom is -0.320 e. The molecule has 96 valence electrons. The molecule has 0 aliphatic rings. The van der Waals surface area contributed by atoms with E-state index in [-0.39, 0.29) is 11.8 Å². The number of carbonyl (C=O) groups excluding carboxylic acids is 1. The van der Waals surface area contributed by atoms with E-state index < -0.39 is 6.04 Å². The molecule has 4 nitrogen and oxygen atoms in total. The van der Waals surface area contributed by atoms with Gasteiger partial charge in [-0.25, -0.2) is 4.98 Å². The second kappa shape index (κ2) is 5.46. The summed E-state index contributed by atoms with van der Waals surface area (Å²) in [5, 5.41) is 3.40. The van der Waals surface area contributed by atoms with Crippen LogP contribution in [0.25, 0.3) is 10.2 Å². The van der Waals surface area contributed by atoms with E-state index in [9.17, 15) is 4.79 Å². The summed E-state index contributed by atoms with van der Waals surface area (Å²) in [6.45, 7) is 4.00. The highest BCUT2D eigenvalue weighted by atomic mass is 32.1. The van der Waals surface area contributed by atoms with Gasteiger partial charge in [0.2, 0.25) is 5.91 Å². The van der Waals surface area contributed by atoms with Gasteiger partial charge in [0.25, 0.3) is 0 Å². The smallest absolute Gasteiger partial charge is 0.243 e. The van der Waals surface area contributed by atoms with Crippen molar-refractivity contribution in [1.82, 2.24) is 4.98 Å². The highest BCUT2D eigenvalue weighted by Crippen LogP contribution is 2.25. The first-order valence-corrected chi connectivity index (χ1v) is 6.85. The van der Waals surface area contributed by atoms with Crippen LogP contribution in [0.3, 0.4) is 0 Å². The molecule has 3 N–H and O–H groups in total. The Balaban J connectivity index is 2.11. The number of aromatic nitrogens is 1. The van der Waals surface area contributed by atoms with Crippen molar-refractivity contribution in [3.8, 4) is 0 Å². The number of thiazole rings is 1. The lowest BCUT2D eigenvalue weighted by Crippen LogP contribution is -2.40. The van der Waals surface area contributed by atoms with Gasteiger partial charge in [0.1, 0.15) is 0 Å². The number of benzene rings is 1. The summed E-state index contributed by atoms with van der Waals surface area (Å²) in [5.41, 5.74) is 6.78. The van der Waals surface area contributed by atoms with Crippen molar-refractivity contribution in [2.24, 2.45) is 11.7 Å². The molecule has 1 heterocycles. The van der Waals surface area contributed by atoms with Crippen LogP contribution in [0.1, 0.15) is 20.3 Å². The fourth-order valence-electron chi connectivity index (χ4n) is 1.63. The molecule has 2 rings (SSSR count). The maximum Gasteiger partial charge on any atom is 0.243 e. The maximum atomic E-state index is 11.9. The number of anilines is 1. The Kier molecular flexibility index (Phi) is 3.93. The molecule has 5 heteroatoms. The summed E-state index contributed by atoms with van der Waals surface area (Å²) >= 11 is 1.46. The first kappa shape index (κ1) is 13.0. The molecule has 0 spiro atoms. The Morgan fingerprint density at radius 3 is 2.89 bits per heavy atom. The van der Waals surface area contributed by atoms with E-state index in [1.54, 1.807) is 0 Å². The predicted molar refractivity (Wildman–Crippen MR) is 75.7 cm³/mol. The molecule has 0 aliphatic heterocycles. The second-order valence-electron chi connectivity index (χ2n) is 4.39. The van der Waals surface area contributed by atoms with Gasteiger partial charge in [-0.05, 0) is 18.1 Å². The van der Waals surface area contributed by atoms with Crippen molar-refractivity contribution in [2.45, 2.75) is 26.3 Å². The zero-order valence-electron chi connectivity index (χ0n) is 10.5. The highest BCUT2D eigenvalue weighted by Gasteiger charge is 2.20. The number of hydrogen-bond acceptors (Lipinski definition) is 4. The Morgan fingerprint density at radius 2 is 2.22 bits per heavy atom. The fourth-order valence-corrected chi connectivity index (χ4v) is 2.50. The summed E-state index contributed by atoms with van der Waals surface area (Å²) < 4.78 is 1.06. The van der Waals surface area contributed by atoms with E-state index in [1.165, 1.54) is 11.3 Å². The van der Waals surface area contributed by atoms with Crippen molar-refractivity contribution >= 4 is 32.6 Å². The number of nitrogens with zero attached hydrogens (tertiary/aromatic N) is 1. The first-order valence-electron chi connectivity index (χ1n) is 6.03. The molecule has 2 aromatic rings. The number of rotatable bonds is 4. The molecule has 0 bridgehead atoms. The number of amides is 1. The molecular weight excluding hydrogens is 246 g/mol. The van der Waals surface area contributed by atoms with E-state index >= 15 is 0 Å². The van der Waals surface area contributed by atoms with E-state index in [0.29, 0.717) is 5.13 Å². The van der Waals surface area contributed by atoms with Crippen LogP contribution < -0.4 is 11.1 Å². The highest BCUT2D eigenvalue weighted by molar-refractivity contribution is 7.22. The summed E-state index contributed by atoms with van der Waals surface area (Å²) in [6, 6.07) is 7.31. The second-order valence-corrected chi connectivity index (χ2v) is 5.42. The third-order valence-corrected chi connectivity index (χ3v) is 4.04. The van der Waals surface area contributed by atoms with Crippen LogP contribution in [0, 0.1) is 5.92 Å². The van der Waals surface area contributed by atoms with E-state index in [1.807, 2.05) is 38.1 Å². The molecule has 1 amide bonds. The van der Waals surface area contributed by atoms with Crippen LogP contribution in [-0.2, 0) is 4.79 Å². The summed E-state index contributed by atoms with van der Waals surface area (Å²) in [6.07, 6.45) is 0.883. The molecule has 0 radical (unpaired) electrons. The molecule has 0 aliphatic carbocycles. The number of para-hydroxylation sites is 1. The molecule has 18 heavy (non-hydrogen) atoms. The van der Waals surface area contributed by atoms with Gasteiger partial charge in [0, 0.05) is 0 Å². The normalized spacial score (nSPS) is 14.4. The fraction of sp³-hybridized carbons (Fsp3) is 0.385. The van der Waals surface area contributed by atoms with E-state index in [2.05, 4.69) is 10.3 Å². The minimum atomic E-state index is -0.484. The predicted octanol–water partition coefficient (Wildman–Crippen LogP) is 2.61. The van der Waals surface area contributed by atoms with Gasteiger partial charge >= 0.3 is 0 Å². The lowest BCUT2D eigenvalue weighted by molar-refractivity contribution is -0.118. The van der Waals surface area contributed by atoms with Gasteiger partial charge in [0.05, 0.1) is 16.3 Å². The monoisotopic (exact) mass is 263 g/mol. The van der Waals surface area contributed by atoms with Crippen molar-refractivity contribution in [3.05, 3.63) is 24.3 Å². The van der Waals surface area contributed by atoms with Gasteiger partial charge in [-0.1, -0.05) is 43.7 Å². The van der Waals surface area contributed by atoms with Gasteiger partial charge in [-0.3, -0.25) is 4.79 Å². The molecular formula is C13H17N3OS. The van der Waals surface area contributed by atoms with Crippen LogP contribution in [0.15, 0.2) is 24.3 Å². The van der Waals surface area contributed by atoms with Gasteiger partial charge in [0.15, 0.2) is 5.13 Å². The number of nitrogens with two attached hydrogens (primary N) is 1. The van der Waals surface area contributed by atoms with Crippen molar-refractivity contribution in [1.29, 1.82) is 0 Å². The molecule has 0 unspecified atom stereocenters. The zero-order valence-corrected chi connectivity index (χ0v) is 11.3. The average molecular weight is 263 g/mol. The average Bonchev–Trinajstić information content (AvgIpc) is 2.78. The first-order chi connectivity index (χ1) is 8.61. The number of carbonyl (C=O) groups is 1. The van der Waals surface area contributed by atoms with Crippen molar-refractivity contribution in [3.63, 3.8) is 0 Å². The Morgan fingerprint density at radius 1 is 1.50 bits per heavy atom. The lowest BCUT2D eigenvalue weighted by atomic mass is 10.00. The Hall–Kier alpha value is -1.46. The summed E-state index contributed by atoms with van der Waals surface area (Å²) in [7, 11) is 0. The number of fused-ring (bicyclic) bond motifs is 1. The van der Waals surface area contributed by atoms with Crippen LogP contribution in [0.5, 0.6) is 0 Å². The van der Waals surface area contributed by atoms with Crippen LogP contribution in [0.4, 0.5) is 5.13 Å². The minimum absolute atomic E-state index is 0.164.